The van der Waals surface area contributed by atoms with Gasteiger partial charge in [-0.05, 0) is 58.0 Å². The Labute approximate surface area is 215 Å². The number of amides is 1. The van der Waals surface area contributed by atoms with E-state index in [2.05, 4.69) is 50.2 Å². The van der Waals surface area contributed by atoms with Crippen LogP contribution in [0, 0.1) is 0 Å². The first-order valence-corrected chi connectivity index (χ1v) is 11.4. The van der Waals surface area contributed by atoms with Gasteiger partial charge in [0.1, 0.15) is 5.76 Å². The maximum atomic E-state index is 13.0. The third kappa shape index (κ3) is 7.56. The number of allylic oxidation sites excluding steroid dienone is 2. The second kappa shape index (κ2) is 14.4. The summed E-state index contributed by atoms with van der Waals surface area (Å²) in [6, 6.07) is 20.9. The van der Waals surface area contributed by atoms with Gasteiger partial charge in [0.2, 0.25) is 0 Å². The van der Waals surface area contributed by atoms with E-state index in [-0.39, 0.29) is 34.5 Å². The van der Waals surface area contributed by atoms with Gasteiger partial charge in [-0.25, -0.2) is 4.79 Å². The van der Waals surface area contributed by atoms with Crippen LogP contribution in [0.15, 0.2) is 72.5 Å². The van der Waals surface area contributed by atoms with E-state index < -0.39 is 5.41 Å². The number of ether oxygens (including phenoxy) is 1. The van der Waals surface area contributed by atoms with E-state index in [0.29, 0.717) is 18.8 Å². The van der Waals surface area contributed by atoms with Crippen molar-refractivity contribution in [1.29, 1.82) is 0 Å². The number of hydrogen-bond donors (Lipinski definition) is 0. The van der Waals surface area contributed by atoms with Crippen LogP contribution in [0.1, 0.15) is 44.2 Å². The quantitative estimate of drug-likeness (QED) is 0.195. The SMILES string of the molecule is C/C=C(\OC(=O)N(C)CCCC[NH-])C(CC(C)N(C)C)(c1ccccc1)c1ccccc1.[Ag+]. The topological polar surface area (TPSA) is 56.6 Å². The van der Waals surface area contributed by atoms with E-state index >= 15 is 0 Å². The summed E-state index contributed by atoms with van der Waals surface area (Å²) in [5.74, 6) is 0.640. The molecule has 0 bridgehead atoms. The van der Waals surface area contributed by atoms with E-state index in [1.165, 1.54) is 0 Å². The number of rotatable bonds is 11. The summed E-state index contributed by atoms with van der Waals surface area (Å²) >= 11 is 0. The molecule has 1 amide bonds. The van der Waals surface area contributed by atoms with Crippen molar-refractivity contribution in [2.45, 2.75) is 44.6 Å². The van der Waals surface area contributed by atoms with Gasteiger partial charge in [-0.1, -0.05) is 67.1 Å². The smallest absolute Gasteiger partial charge is 0.677 e. The molecule has 0 aliphatic carbocycles. The van der Waals surface area contributed by atoms with Gasteiger partial charge in [-0.2, -0.15) is 6.54 Å². The van der Waals surface area contributed by atoms with Gasteiger partial charge in [-0.15, -0.1) is 0 Å². The number of nitrogens with zero attached hydrogens (tertiary/aromatic N) is 2. The van der Waals surface area contributed by atoms with E-state index in [9.17, 15) is 4.79 Å². The predicted octanol–water partition coefficient (Wildman–Crippen LogP) is 6.12. The van der Waals surface area contributed by atoms with Gasteiger partial charge in [0.15, 0.2) is 0 Å². The summed E-state index contributed by atoms with van der Waals surface area (Å²) in [4.78, 5) is 16.8. The number of nitrogens with one attached hydrogen (secondary N) is 1. The molecule has 2 aromatic rings. The van der Waals surface area contributed by atoms with Crippen molar-refractivity contribution >= 4 is 6.09 Å². The third-order valence-corrected chi connectivity index (χ3v) is 6.13. The molecule has 0 spiro atoms. The van der Waals surface area contributed by atoms with Gasteiger partial charge >= 0.3 is 28.5 Å². The third-order valence-electron chi connectivity index (χ3n) is 6.13. The summed E-state index contributed by atoms with van der Waals surface area (Å²) in [6.45, 7) is 5.08. The summed E-state index contributed by atoms with van der Waals surface area (Å²) < 4.78 is 6.13. The van der Waals surface area contributed by atoms with E-state index in [0.717, 1.165) is 30.4 Å². The fraction of sp³-hybridized carbons (Fsp3) is 0.444. The van der Waals surface area contributed by atoms with Crippen LogP contribution in [0.2, 0.25) is 0 Å². The minimum atomic E-state index is -0.612. The van der Waals surface area contributed by atoms with Crippen molar-refractivity contribution in [2.24, 2.45) is 0 Å². The van der Waals surface area contributed by atoms with Crippen LogP contribution in [-0.2, 0) is 32.5 Å². The standard InChI is InChI=1S/C27H38N3O2.Ag/c1-6-25(32-26(31)30(5)20-14-13-19-28)27(21-22(2)29(3)4,23-15-9-7-10-16-23)24-17-11-8-12-18-24;/h6-12,15-18,22,28H,13-14,19-21H2,1-5H3;/q-1;+1/b25-6-;. The Morgan fingerprint density at radius 2 is 1.52 bits per heavy atom. The molecule has 33 heavy (non-hydrogen) atoms. The molecule has 184 valence electrons. The van der Waals surface area contributed by atoms with E-state index in [4.69, 9.17) is 10.5 Å². The second-order valence-electron chi connectivity index (χ2n) is 8.55. The first kappa shape index (κ1) is 29.1. The Bertz CT molecular complexity index is 817. The van der Waals surface area contributed by atoms with Gasteiger partial charge in [-0.3, -0.25) is 0 Å². The second-order valence-corrected chi connectivity index (χ2v) is 8.55. The fourth-order valence-corrected chi connectivity index (χ4v) is 3.99. The molecule has 0 heterocycles. The molecule has 0 aliphatic rings. The van der Waals surface area contributed by atoms with Crippen molar-refractivity contribution in [1.82, 2.24) is 9.80 Å². The number of benzene rings is 2. The average Bonchev–Trinajstić information content (AvgIpc) is 2.82. The molecular formula is C27H38AgN3O2. The average molecular weight is 544 g/mol. The van der Waals surface area contributed by atoms with E-state index in [1.54, 1.807) is 11.9 Å². The monoisotopic (exact) mass is 543 g/mol. The minimum absolute atomic E-state index is 0. The summed E-state index contributed by atoms with van der Waals surface area (Å²) in [7, 11) is 5.91. The van der Waals surface area contributed by atoms with Gasteiger partial charge in [0.05, 0.1) is 5.41 Å². The molecule has 1 unspecified atom stereocenters. The number of carbonyl (C=O) groups is 1. The largest absolute Gasteiger partial charge is 1.00 e. The molecule has 5 nitrogen and oxygen atoms in total. The zero-order chi connectivity index (χ0) is 23.6. The molecule has 0 aromatic heterocycles. The van der Waals surface area contributed by atoms with Gasteiger partial charge in [0.25, 0.3) is 0 Å². The molecule has 0 radical (unpaired) electrons. The molecule has 0 saturated carbocycles. The Balaban J connectivity index is 0.00000544. The Morgan fingerprint density at radius 3 is 1.94 bits per heavy atom. The minimum Gasteiger partial charge on any atom is -0.677 e. The van der Waals surface area contributed by atoms with Crippen molar-refractivity contribution in [2.75, 3.05) is 34.2 Å². The first-order chi connectivity index (χ1) is 15.4. The first-order valence-electron chi connectivity index (χ1n) is 11.4. The van der Waals surface area contributed by atoms with Crippen LogP contribution in [0.5, 0.6) is 0 Å². The van der Waals surface area contributed by atoms with Crippen LogP contribution in [0.4, 0.5) is 4.79 Å². The normalized spacial score (nSPS) is 12.8. The number of carbonyl (C=O) groups excluding carboxylic acids is 1. The zero-order valence-electron chi connectivity index (χ0n) is 20.5. The molecule has 0 saturated heterocycles. The number of unbranched alkanes of at least 4 members (excludes halogenated alkanes) is 1. The van der Waals surface area contributed by atoms with Crippen LogP contribution in [-0.4, -0.2) is 56.2 Å². The van der Waals surface area contributed by atoms with Crippen LogP contribution in [0.25, 0.3) is 5.73 Å². The van der Waals surface area contributed by atoms with Crippen molar-refractivity contribution in [3.63, 3.8) is 0 Å². The predicted molar refractivity (Wildman–Crippen MR) is 133 cm³/mol. The molecule has 6 heteroatoms. The Hall–Kier alpha value is -1.89. The van der Waals surface area contributed by atoms with Crippen LogP contribution < -0.4 is 0 Å². The van der Waals surface area contributed by atoms with Gasteiger partial charge < -0.3 is 20.3 Å². The van der Waals surface area contributed by atoms with Crippen molar-refractivity contribution in [3.8, 4) is 0 Å². The Morgan fingerprint density at radius 1 is 1.00 bits per heavy atom. The maximum Gasteiger partial charge on any atom is 1.00 e. The van der Waals surface area contributed by atoms with Crippen LogP contribution >= 0.6 is 0 Å². The molecular weight excluding hydrogens is 506 g/mol. The Kier molecular flexibility index (Phi) is 12.7. The summed E-state index contributed by atoms with van der Waals surface area (Å²) in [5.41, 5.74) is 8.90. The van der Waals surface area contributed by atoms with Gasteiger partial charge in [0, 0.05) is 19.6 Å². The van der Waals surface area contributed by atoms with E-state index in [1.807, 2.05) is 49.4 Å². The fourth-order valence-electron chi connectivity index (χ4n) is 3.99. The van der Waals surface area contributed by atoms with Crippen molar-refractivity contribution < 1.29 is 31.9 Å². The number of hydrogen-bond acceptors (Lipinski definition) is 3. The molecule has 2 aromatic carbocycles. The summed E-state index contributed by atoms with van der Waals surface area (Å²) in [6.07, 6.45) is 3.88. The van der Waals surface area contributed by atoms with Crippen LogP contribution in [0.3, 0.4) is 0 Å². The molecule has 1 N–H and O–H groups in total. The molecule has 1 atom stereocenters. The maximum absolute atomic E-state index is 13.0. The molecule has 0 aliphatic heterocycles. The zero-order valence-corrected chi connectivity index (χ0v) is 22.0. The van der Waals surface area contributed by atoms with Crippen molar-refractivity contribution in [3.05, 3.63) is 89.4 Å². The summed E-state index contributed by atoms with van der Waals surface area (Å²) in [5, 5.41) is 0. The molecule has 0 fully saturated rings. The molecule has 2 rings (SSSR count).